The van der Waals surface area contributed by atoms with E-state index in [2.05, 4.69) is 22.3 Å². The van der Waals surface area contributed by atoms with Gasteiger partial charge in [-0.2, -0.15) is 5.10 Å². The highest BCUT2D eigenvalue weighted by molar-refractivity contribution is 6.02. The number of benzene rings is 1. The number of carbonyl (C=O) groups excluding carboxylic acids is 1. The molecule has 0 atom stereocenters. The molecular formula is C16H17N3O2. The molecule has 0 aliphatic rings. The van der Waals surface area contributed by atoms with Crippen molar-refractivity contribution in [2.75, 3.05) is 11.9 Å². The molecule has 0 saturated carbocycles. The molecule has 1 amide bonds. The Balaban J connectivity index is 2.17. The highest BCUT2D eigenvalue weighted by Crippen LogP contribution is 2.15. The summed E-state index contributed by atoms with van der Waals surface area (Å²) in [6.07, 6.45) is 2.15. The summed E-state index contributed by atoms with van der Waals surface area (Å²) in [5.41, 5.74) is 2.85. The second kappa shape index (κ2) is 6.73. The Morgan fingerprint density at radius 3 is 2.90 bits per heavy atom. The molecule has 5 heteroatoms. The highest BCUT2D eigenvalue weighted by Gasteiger charge is 2.09. The lowest BCUT2D eigenvalue weighted by Crippen LogP contribution is -2.13. The Kier molecular flexibility index (Phi) is 4.75. The van der Waals surface area contributed by atoms with Gasteiger partial charge in [0.1, 0.15) is 0 Å². The summed E-state index contributed by atoms with van der Waals surface area (Å²) in [5.74, 6) is 5.57. The molecule has 0 bridgehead atoms. The van der Waals surface area contributed by atoms with Gasteiger partial charge >= 0.3 is 0 Å². The molecule has 0 radical (unpaired) electrons. The third kappa shape index (κ3) is 4.20. The molecule has 0 fully saturated rings. The molecule has 2 N–H and O–H groups in total. The Bertz CT molecular complexity index is 708. The first-order valence-corrected chi connectivity index (χ1v) is 6.61. The van der Waals surface area contributed by atoms with Gasteiger partial charge in [-0.15, -0.1) is 0 Å². The minimum absolute atomic E-state index is 0.0437. The summed E-state index contributed by atoms with van der Waals surface area (Å²) in [6, 6.07) is 7.27. The van der Waals surface area contributed by atoms with E-state index in [0.29, 0.717) is 17.8 Å². The van der Waals surface area contributed by atoms with Crippen LogP contribution in [0.4, 0.5) is 5.69 Å². The van der Waals surface area contributed by atoms with Crippen molar-refractivity contribution in [2.45, 2.75) is 13.3 Å². The fourth-order valence-corrected chi connectivity index (χ4v) is 1.88. The van der Waals surface area contributed by atoms with Crippen molar-refractivity contribution >= 4 is 11.6 Å². The van der Waals surface area contributed by atoms with Crippen LogP contribution in [0.1, 0.15) is 28.0 Å². The van der Waals surface area contributed by atoms with E-state index in [0.717, 1.165) is 11.1 Å². The van der Waals surface area contributed by atoms with E-state index in [-0.39, 0.29) is 12.5 Å². The first kappa shape index (κ1) is 14.8. The lowest BCUT2D eigenvalue weighted by atomic mass is 10.1. The van der Waals surface area contributed by atoms with E-state index in [1.165, 1.54) is 0 Å². The van der Waals surface area contributed by atoms with Crippen LogP contribution in [0, 0.1) is 18.8 Å². The van der Waals surface area contributed by atoms with Gasteiger partial charge in [-0.25, -0.2) is 0 Å². The minimum Gasteiger partial charge on any atom is -0.395 e. The summed E-state index contributed by atoms with van der Waals surface area (Å²) < 4.78 is 1.58. The SMILES string of the molecule is Cc1cc(C#CCCO)cc(NC(=O)c2ccn(C)n2)c1. The van der Waals surface area contributed by atoms with Gasteiger partial charge in [-0.3, -0.25) is 9.48 Å². The minimum atomic E-state index is -0.254. The summed E-state index contributed by atoms with van der Waals surface area (Å²) in [4.78, 5) is 12.1. The van der Waals surface area contributed by atoms with Crippen LogP contribution in [0.25, 0.3) is 0 Å². The third-order valence-electron chi connectivity index (χ3n) is 2.75. The molecule has 21 heavy (non-hydrogen) atoms. The molecule has 0 spiro atoms. The number of aliphatic hydroxyl groups is 1. The quantitative estimate of drug-likeness (QED) is 0.843. The maximum absolute atomic E-state index is 12.1. The van der Waals surface area contributed by atoms with Crippen LogP contribution in [0.5, 0.6) is 0 Å². The van der Waals surface area contributed by atoms with Gasteiger partial charge in [0.15, 0.2) is 5.69 Å². The molecule has 0 saturated heterocycles. The number of hydrogen-bond acceptors (Lipinski definition) is 3. The van der Waals surface area contributed by atoms with Crippen LogP contribution in [-0.4, -0.2) is 27.4 Å². The van der Waals surface area contributed by atoms with Gasteiger partial charge in [-0.05, 0) is 36.8 Å². The predicted octanol–water partition coefficient (Wildman–Crippen LogP) is 1.71. The number of nitrogens with zero attached hydrogens (tertiary/aromatic N) is 2. The molecule has 0 aliphatic heterocycles. The number of aliphatic hydroxyl groups excluding tert-OH is 1. The van der Waals surface area contributed by atoms with Crippen molar-refractivity contribution in [3.8, 4) is 11.8 Å². The highest BCUT2D eigenvalue weighted by atomic mass is 16.2. The van der Waals surface area contributed by atoms with Crippen LogP contribution >= 0.6 is 0 Å². The predicted molar refractivity (Wildman–Crippen MR) is 80.9 cm³/mol. The van der Waals surface area contributed by atoms with Gasteiger partial charge in [0.05, 0.1) is 6.61 Å². The van der Waals surface area contributed by atoms with Crippen molar-refractivity contribution in [2.24, 2.45) is 7.05 Å². The van der Waals surface area contributed by atoms with E-state index in [1.807, 2.05) is 19.1 Å². The normalized spacial score (nSPS) is 9.86. The van der Waals surface area contributed by atoms with Gasteiger partial charge in [0.25, 0.3) is 5.91 Å². The largest absolute Gasteiger partial charge is 0.395 e. The number of amides is 1. The van der Waals surface area contributed by atoms with E-state index in [1.54, 1.807) is 30.1 Å². The van der Waals surface area contributed by atoms with E-state index >= 15 is 0 Å². The second-order valence-corrected chi connectivity index (χ2v) is 4.69. The maximum atomic E-state index is 12.1. The van der Waals surface area contributed by atoms with Gasteiger partial charge in [0, 0.05) is 30.9 Å². The smallest absolute Gasteiger partial charge is 0.276 e. The second-order valence-electron chi connectivity index (χ2n) is 4.69. The Morgan fingerprint density at radius 2 is 2.24 bits per heavy atom. The molecule has 2 rings (SSSR count). The number of nitrogens with one attached hydrogen (secondary N) is 1. The number of aromatic nitrogens is 2. The van der Waals surface area contributed by atoms with Crippen molar-refractivity contribution in [3.05, 3.63) is 47.3 Å². The molecule has 1 heterocycles. The zero-order valence-electron chi connectivity index (χ0n) is 12.1. The average molecular weight is 283 g/mol. The molecule has 0 unspecified atom stereocenters. The monoisotopic (exact) mass is 283 g/mol. The van der Waals surface area contributed by atoms with Gasteiger partial charge in [0.2, 0.25) is 0 Å². The lowest BCUT2D eigenvalue weighted by molar-refractivity contribution is 0.102. The maximum Gasteiger partial charge on any atom is 0.276 e. The van der Waals surface area contributed by atoms with Crippen LogP contribution < -0.4 is 5.32 Å². The number of aryl methyl sites for hydroxylation is 2. The number of hydrogen-bond donors (Lipinski definition) is 2. The standard InChI is InChI=1S/C16H17N3O2/c1-12-9-13(5-3-4-8-20)11-14(10-12)17-16(21)15-6-7-19(2)18-15/h6-7,9-11,20H,4,8H2,1-2H3,(H,17,21). The van der Waals surface area contributed by atoms with E-state index < -0.39 is 0 Å². The zero-order valence-corrected chi connectivity index (χ0v) is 12.1. The Hall–Kier alpha value is -2.58. The van der Waals surface area contributed by atoms with E-state index in [4.69, 9.17) is 5.11 Å². The van der Waals surface area contributed by atoms with Crippen LogP contribution in [-0.2, 0) is 7.05 Å². The summed E-state index contributed by atoms with van der Waals surface area (Å²) in [6.45, 7) is 1.98. The summed E-state index contributed by atoms with van der Waals surface area (Å²) in [7, 11) is 1.76. The first-order chi connectivity index (χ1) is 10.1. The third-order valence-corrected chi connectivity index (χ3v) is 2.75. The molecular weight excluding hydrogens is 266 g/mol. The summed E-state index contributed by atoms with van der Waals surface area (Å²) >= 11 is 0. The van der Waals surface area contributed by atoms with Crippen molar-refractivity contribution in [1.29, 1.82) is 0 Å². The van der Waals surface area contributed by atoms with Crippen LogP contribution in [0.3, 0.4) is 0 Å². The lowest BCUT2D eigenvalue weighted by Gasteiger charge is -2.05. The molecule has 1 aromatic carbocycles. The van der Waals surface area contributed by atoms with Gasteiger partial charge < -0.3 is 10.4 Å². The molecule has 2 aromatic rings. The van der Waals surface area contributed by atoms with Crippen molar-refractivity contribution in [3.63, 3.8) is 0 Å². The fraction of sp³-hybridized carbons (Fsp3) is 0.250. The van der Waals surface area contributed by atoms with Crippen molar-refractivity contribution in [1.82, 2.24) is 9.78 Å². The first-order valence-electron chi connectivity index (χ1n) is 6.61. The van der Waals surface area contributed by atoms with Gasteiger partial charge in [-0.1, -0.05) is 11.8 Å². The number of rotatable bonds is 3. The average Bonchev–Trinajstić information content (AvgIpc) is 2.85. The zero-order chi connectivity index (χ0) is 15.2. The van der Waals surface area contributed by atoms with Crippen LogP contribution in [0.15, 0.2) is 30.5 Å². The molecule has 108 valence electrons. The van der Waals surface area contributed by atoms with Crippen LogP contribution in [0.2, 0.25) is 0 Å². The Morgan fingerprint density at radius 1 is 1.43 bits per heavy atom. The van der Waals surface area contributed by atoms with E-state index in [9.17, 15) is 4.79 Å². The number of carbonyl (C=O) groups is 1. The molecule has 1 aromatic heterocycles. The molecule has 0 aliphatic carbocycles. The molecule has 5 nitrogen and oxygen atoms in total. The number of anilines is 1. The van der Waals surface area contributed by atoms with Crippen molar-refractivity contribution < 1.29 is 9.90 Å². The fourth-order valence-electron chi connectivity index (χ4n) is 1.88. The topological polar surface area (TPSA) is 67.2 Å². The Labute approximate surface area is 123 Å². The summed E-state index contributed by atoms with van der Waals surface area (Å²) in [5, 5.41) is 15.6.